The molecule has 1 aliphatic rings. The topological polar surface area (TPSA) is 75.4 Å². The van der Waals surface area contributed by atoms with E-state index in [0.717, 1.165) is 6.42 Å². The molecule has 1 aromatic heterocycles. The van der Waals surface area contributed by atoms with Gasteiger partial charge < -0.3 is 14.6 Å². The summed E-state index contributed by atoms with van der Waals surface area (Å²) < 4.78 is 19.1. The van der Waals surface area contributed by atoms with Gasteiger partial charge in [0, 0.05) is 29.8 Å². The van der Waals surface area contributed by atoms with Crippen LogP contribution in [0.5, 0.6) is 0 Å². The minimum absolute atomic E-state index is 0.0403. The van der Waals surface area contributed by atoms with Crippen molar-refractivity contribution in [3.05, 3.63) is 89.3 Å². The van der Waals surface area contributed by atoms with Crippen molar-refractivity contribution in [2.24, 2.45) is 0 Å². The highest BCUT2D eigenvalue weighted by Gasteiger charge is 2.24. The van der Waals surface area contributed by atoms with Crippen LogP contribution in [0, 0.1) is 5.82 Å². The molecule has 0 saturated carbocycles. The number of hydrogen-bond donors (Lipinski definition) is 1. The minimum atomic E-state index is -0.363. The van der Waals surface area contributed by atoms with Crippen LogP contribution in [0.25, 0.3) is 22.8 Å². The van der Waals surface area contributed by atoms with Crippen molar-refractivity contribution in [3.63, 3.8) is 0 Å². The van der Waals surface area contributed by atoms with E-state index in [1.165, 1.54) is 18.3 Å². The van der Waals surface area contributed by atoms with Crippen molar-refractivity contribution in [1.82, 2.24) is 4.98 Å². The van der Waals surface area contributed by atoms with Crippen molar-refractivity contribution in [2.75, 3.05) is 16.8 Å². The molecule has 0 unspecified atom stereocenters. The van der Waals surface area contributed by atoms with E-state index in [4.69, 9.17) is 16.0 Å². The monoisotopic (exact) mass is 475 g/mol. The van der Waals surface area contributed by atoms with Crippen molar-refractivity contribution in [3.8, 4) is 22.8 Å². The molecule has 8 heteroatoms. The first kappa shape index (κ1) is 21.9. The smallest absolute Gasteiger partial charge is 0.256 e. The number of amides is 2. The standard InChI is InChI=1S/C26H19ClFN3O3/c27-21-14-18(11-12-22(21)31-13-3-6-24(31)32)30-25(33)19-4-1-2-5-20(19)26-29-15-23(34-26)16-7-9-17(28)10-8-16/h1-2,4-5,7-12,14-15H,3,6,13H2,(H,30,33). The fourth-order valence-electron chi connectivity index (χ4n) is 3.92. The van der Waals surface area contributed by atoms with E-state index in [0.29, 0.717) is 51.8 Å². The normalized spacial score (nSPS) is 13.4. The third-order valence-electron chi connectivity index (χ3n) is 5.61. The second kappa shape index (κ2) is 9.11. The number of carbonyl (C=O) groups excluding carboxylic acids is 2. The quantitative estimate of drug-likeness (QED) is 0.374. The maximum absolute atomic E-state index is 13.2. The number of halogens is 2. The average molecular weight is 476 g/mol. The molecule has 0 aliphatic carbocycles. The van der Waals surface area contributed by atoms with Gasteiger partial charge in [-0.2, -0.15) is 0 Å². The lowest BCUT2D eigenvalue weighted by Crippen LogP contribution is -2.24. The van der Waals surface area contributed by atoms with Crippen LogP contribution >= 0.6 is 11.6 Å². The molecular formula is C26H19ClFN3O3. The molecule has 6 nitrogen and oxygen atoms in total. The maximum atomic E-state index is 13.2. The summed E-state index contributed by atoms with van der Waals surface area (Å²) in [5.74, 6) is 0.0671. The fraction of sp³-hybridized carbons (Fsp3) is 0.115. The van der Waals surface area contributed by atoms with Gasteiger partial charge in [0.05, 0.1) is 22.5 Å². The molecule has 0 bridgehead atoms. The predicted molar refractivity (Wildman–Crippen MR) is 128 cm³/mol. The van der Waals surface area contributed by atoms with Crippen LogP contribution in [-0.4, -0.2) is 23.3 Å². The number of benzene rings is 3. The van der Waals surface area contributed by atoms with Crippen LogP contribution in [0.15, 0.2) is 77.3 Å². The van der Waals surface area contributed by atoms with Crippen LogP contribution in [-0.2, 0) is 4.79 Å². The number of aromatic nitrogens is 1. The third kappa shape index (κ3) is 4.30. The fourth-order valence-corrected chi connectivity index (χ4v) is 4.20. The third-order valence-corrected chi connectivity index (χ3v) is 5.91. The summed E-state index contributed by atoms with van der Waals surface area (Å²) in [5, 5.41) is 3.23. The van der Waals surface area contributed by atoms with Crippen molar-refractivity contribution in [1.29, 1.82) is 0 Å². The highest BCUT2D eigenvalue weighted by molar-refractivity contribution is 6.34. The SMILES string of the molecule is O=C(Nc1ccc(N2CCCC2=O)c(Cl)c1)c1ccccc1-c1ncc(-c2ccc(F)cc2)o1. The molecule has 0 atom stereocenters. The lowest BCUT2D eigenvalue weighted by atomic mass is 10.1. The molecule has 2 heterocycles. The summed E-state index contributed by atoms with van der Waals surface area (Å²) in [7, 11) is 0. The second-order valence-corrected chi connectivity index (χ2v) is 8.26. The molecule has 2 amide bonds. The molecule has 1 aliphatic heterocycles. The van der Waals surface area contributed by atoms with E-state index < -0.39 is 0 Å². The number of oxazole rings is 1. The van der Waals surface area contributed by atoms with E-state index in [2.05, 4.69) is 10.3 Å². The number of carbonyl (C=O) groups is 2. The Morgan fingerprint density at radius 2 is 1.88 bits per heavy atom. The molecule has 0 spiro atoms. The first-order valence-electron chi connectivity index (χ1n) is 10.7. The zero-order valence-electron chi connectivity index (χ0n) is 17.9. The second-order valence-electron chi connectivity index (χ2n) is 7.85. The molecule has 0 radical (unpaired) electrons. The molecule has 170 valence electrons. The lowest BCUT2D eigenvalue weighted by Gasteiger charge is -2.18. The van der Waals surface area contributed by atoms with E-state index in [1.807, 2.05) is 0 Å². The Bertz CT molecular complexity index is 1380. The summed E-state index contributed by atoms with van der Waals surface area (Å²) >= 11 is 6.41. The largest absolute Gasteiger partial charge is 0.436 e. The minimum Gasteiger partial charge on any atom is -0.436 e. The van der Waals surface area contributed by atoms with Gasteiger partial charge in [0.2, 0.25) is 11.8 Å². The lowest BCUT2D eigenvalue weighted by molar-refractivity contribution is -0.117. The van der Waals surface area contributed by atoms with E-state index in [9.17, 15) is 14.0 Å². The van der Waals surface area contributed by atoms with Crippen LogP contribution in [0.4, 0.5) is 15.8 Å². The van der Waals surface area contributed by atoms with Gasteiger partial charge in [-0.1, -0.05) is 23.7 Å². The number of nitrogens with zero attached hydrogens (tertiary/aromatic N) is 2. The Balaban J connectivity index is 1.38. The Labute approximate surface area is 200 Å². The number of rotatable bonds is 5. The molecule has 4 aromatic rings. The molecule has 5 rings (SSSR count). The Morgan fingerprint density at radius 1 is 1.09 bits per heavy atom. The summed E-state index contributed by atoms with van der Waals surface area (Å²) in [5.41, 5.74) is 2.69. The molecule has 1 N–H and O–H groups in total. The summed E-state index contributed by atoms with van der Waals surface area (Å²) in [6.07, 6.45) is 2.85. The first-order valence-corrected chi connectivity index (χ1v) is 11.1. The highest BCUT2D eigenvalue weighted by atomic mass is 35.5. The Hall–Kier alpha value is -3.97. The number of nitrogens with one attached hydrogen (secondary N) is 1. The van der Waals surface area contributed by atoms with Crippen LogP contribution in [0.1, 0.15) is 23.2 Å². The van der Waals surface area contributed by atoms with Gasteiger partial charge in [-0.3, -0.25) is 9.59 Å². The number of anilines is 2. The van der Waals surface area contributed by atoms with Gasteiger partial charge in [-0.15, -0.1) is 0 Å². The maximum Gasteiger partial charge on any atom is 0.256 e. The van der Waals surface area contributed by atoms with Crippen LogP contribution < -0.4 is 10.2 Å². The average Bonchev–Trinajstić information content (AvgIpc) is 3.49. The van der Waals surface area contributed by atoms with Crippen molar-refractivity contribution < 1.29 is 18.4 Å². The van der Waals surface area contributed by atoms with Gasteiger partial charge in [0.25, 0.3) is 5.91 Å². The van der Waals surface area contributed by atoms with E-state index in [1.54, 1.807) is 59.5 Å². The molecule has 1 saturated heterocycles. The number of hydrogen-bond acceptors (Lipinski definition) is 4. The van der Waals surface area contributed by atoms with Crippen molar-refractivity contribution >= 4 is 34.8 Å². The summed E-state index contributed by atoms with van der Waals surface area (Å²) in [6.45, 7) is 0.633. The van der Waals surface area contributed by atoms with Gasteiger partial charge in [-0.25, -0.2) is 9.37 Å². The molecular weight excluding hydrogens is 457 g/mol. The van der Waals surface area contributed by atoms with Crippen molar-refractivity contribution in [2.45, 2.75) is 12.8 Å². The molecule has 34 heavy (non-hydrogen) atoms. The summed E-state index contributed by atoms with van der Waals surface area (Å²) in [6, 6.07) is 17.9. The Morgan fingerprint density at radius 3 is 2.62 bits per heavy atom. The molecule has 3 aromatic carbocycles. The van der Waals surface area contributed by atoms with Crippen LogP contribution in [0.3, 0.4) is 0 Å². The van der Waals surface area contributed by atoms with Gasteiger partial charge in [-0.05, 0) is 61.0 Å². The zero-order valence-corrected chi connectivity index (χ0v) is 18.7. The van der Waals surface area contributed by atoms with Gasteiger partial charge >= 0.3 is 0 Å². The highest BCUT2D eigenvalue weighted by Crippen LogP contribution is 2.33. The zero-order chi connectivity index (χ0) is 23.7. The van der Waals surface area contributed by atoms with Crippen LogP contribution in [0.2, 0.25) is 5.02 Å². The van der Waals surface area contributed by atoms with E-state index >= 15 is 0 Å². The predicted octanol–water partition coefficient (Wildman–Crippen LogP) is 6.18. The van der Waals surface area contributed by atoms with Gasteiger partial charge in [0.1, 0.15) is 5.82 Å². The summed E-state index contributed by atoms with van der Waals surface area (Å²) in [4.78, 5) is 31.1. The Kier molecular flexibility index (Phi) is 5.86. The molecule has 1 fully saturated rings. The first-order chi connectivity index (χ1) is 16.5. The van der Waals surface area contributed by atoms with Gasteiger partial charge in [0.15, 0.2) is 5.76 Å². The van der Waals surface area contributed by atoms with E-state index in [-0.39, 0.29) is 23.5 Å².